The van der Waals surface area contributed by atoms with Crippen LogP contribution < -0.4 is 10.9 Å². The first-order valence-corrected chi connectivity index (χ1v) is 11.2. The molecule has 1 amide bonds. The number of carbonyl (C=O) groups excluding carboxylic acids is 1. The van der Waals surface area contributed by atoms with Crippen molar-refractivity contribution in [2.75, 3.05) is 5.32 Å². The van der Waals surface area contributed by atoms with Gasteiger partial charge < -0.3 is 4.57 Å². The maximum Gasteiger partial charge on any atom is 0.257 e. The summed E-state index contributed by atoms with van der Waals surface area (Å²) in [6, 6.07) is 11.1. The predicted octanol–water partition coefficient (Wildman–Crippen LogP) is 4.90. The highest BCUT2D eigenvalue weighted by molar-refractivity contribution is 7.14. The molecule has 0 saturated heterocycles. The molecule has 0 spiro atoms. The van der Waals surface area contributed by atoms with Gasteiger partial charge in [-0.2, -0.15) is 0 Å². The number of amides is 1. The fourth-order valence-electron chi connectivity index (χ4n) is 3.38. The molecule has 0 bridgehead atoms. The Balaban J connectivity index is 1.49. The van der Waals surface area contributed by atoms with Gasteiger partial charge in [-0.3, -0.25) is 19.9 Å². The van der Waals surface area contributed by atoms with E-state index >= 15 is 0 Å². The van der Waals surface area contributed by atoms with Gasteiger partial charge in [0, 0.05) is 29.4 Å². The fraction of sp³-hybridized carbons (Fsp3) is 0.200. The van der Waals surface area contributed by atoms with Crippen molar-refractivity contribution in [2.24, 2.45) is 0 Å². The first kappa shape index (κ1) is 21.6. The van der Waals surface area contributed by atoms with E-state index in [2.05, 4.69) is 35.2 Å². The molecule has 0 atom stereocenters. The van der Waals surface area contributed by atoms with Crippen LogP contribution in [0.15, 0.2) is 59.0 Å². The second-order valence-electron chi connectivity index (χ2n) is 7.89. The van der Waals surface area contributed by atoms with Crippen molar-refractivity contribution in [3.63, 3.8) is 0 Å². The molecule has 0 saturated carbocycles. The van der Waals surface area contributed by atoms with Gasteiger partial charge in [0.1, 0.15) is 5.69 Å². The number of rotatable bonds is 5. The van der Waals surface area contributed by atoms with Crippen molar-refractivity contribution in [2.45, 2.75) is 34.2 Å². The number of thiazole rings is 1. The summed E-state index contributed by atoms with van der Waals surface area (Å²) in [6.07, 6.45) is 3.40. The van der Waals surface area contributed by atoms with E-state index in [1.54, 1.807) is 23.0 Å². The molecule has 0 aliphatic rings. The number of nitrogens with one attached hydrogen (secondary N) is 1. The highest BCUT2D eigenvalue weighted by Gasteiger charge is 2.14. The zero-order valence-electron chi connectivity index (χ0n) is 18.5. The Morgan fingerprint density at radius 2 is 1.84 bits per heavy atom. The lowest BCUT2D eigenvalue weighted by Gasteiger charge is -2.09. The van der Waals surface area contributed by atoms with E-state index in [9.17, 15) is 9.59 Å². The van der Waals surface area contributed by atoms with Crippen LogP contribution in [0.1, 0.15) is 38.2 Å². The van der Waals surface area contributed by atoms with Crippen LogP contribution in [-0.2, 0) is 6.54 Å². The Morgan fingerprint density at radius 1 is 1.03 bits per heavy atom. The summed E-state index contributed by atoms with van der Waals surface area (Å²) in [6.45, 7) is 8.60. The molecule has 0 aliphatic carbocycles. The van der Waals surface area contributed by atoms with Gasteiger partial charge in [-0.15, -0.1) is 11.3 Å². The van der Waals surface area contributed by atoms with Gasteiger partial charge in [0.2, 0.25) is 0 Å². The predicted molar refractivity (Wildman–Crippen MR) is 128 cm³/mol. The summed E-state index contributed by atoms with van der Waals surface area (Å²) in [5, 5.41) is 5.12. The summed E-state index contributed by atoms with van der Waals surface area (Å²) >= 11 is 1.33. The van der Waals surface area contributed by atoms with Crippen molar-refractivity contribution in [1.29, 1.82) is 0 Å². The van der Waals surface area contributed by atoms with Crippen LogP contribution in [0.4, 0.5) is 5.13 Å². The van der Waals surface area contributed by atoms with Crippen LogP contribution in [0.5, 0.6) is 0 Å². The molecular formula is C25H24N4O2S. The standard InChI is InChI=1S/C25H24N4O2S/c1-15-5-6-19(11-17(15)3)13-29-10-8-20(12-22(29)30)24(31)28-25-27-21(14-32-25)23-18(4)16(2)7-9-26-23/h5-12,14H,13H2,1-4H3,(H,27,28,31). The summed E-state index contributed by atoms with van der Waals surface area (Å²) in [5.74, 6) is -0.366. The summed E-state index contributed by atoms with van der Waals surface area (Å²) < 4.78 is 1.59. The minimum Gasteiger partial charge on any atom is -0.311 e. The number of aromatic nitrogens is 3. The Kier molecular flexibility index (Phi) is 6.01. The maximum atomic E-state index is 12.7. The highest BCUT2D eigenvalue weighted by Crippen LogP contribution is 2.27. The molecule has 1 N–H and O–H groups in total. The molecule has 7 heteroatoms. The van der Waals surface area contributed by atoms with E-state index in [-0.39, 0.29) is 11.5 Å². The van der Waals surface area contributed by atoms with Gasteiger partial charge in [-0.05, 0) is 67.6 Å². The van der Waals surface area contributed by atoms with Crippen molar-refractivity contribution < 1.29 is 4.79 Å². The summed E-state index contributed by atoms with van der Waals surface area (Å²) in [7, 11) is 0. The van der Waals surface area contributed by atoms with Gasteiger partial charge in [0.25, 0.3) is 11.5 Å². The first-order chi connectivity index (χ1) is 15.3. The Morgan fingerprint density at radius 3 is 2.59 bits per heavy atom. The van der Waals surface area contributed by atoms with Gasteiger partial charge in [-0.25, -0.2) is 4.98 Å². The van der Waals surface area contributed by atoms with Crippen LogP contribution in [0.3, 0.4) is 0 Å². The number of nitrogens with zero attached hydrogens (tertiary/aromatic N) is 3. The average molecular weight is 445 g/mol. The van der Waals surface area contributed by atoms with E-state index < -0.39 is 0 Å². The molecule has 162 valence electrons. The molecule has 0 radical (unpaired) electrons. The molecule has 4 rings (SSSR count). The zero-order valence-corrected chi connectivity index (χ0v) is 19.3. The van der Waals surface area contributed by atoms with Gasteiger partial charge in [-0.1, -0.05) is 18.2 Å². The van der Waals surface area contributed by atoms with Gasteiger partial charge in [0.15, 0.2) is 5.13 Å². The minimum absolute atomic E-state index is 0.227. The number of benzene rings is 1. The number of pyridine rings is 2. The quantitative estimate of drug-likeness (QED) is 0.475. The van der Waals surface area contributed by atoms with E-state index in [1.807, 2.05) is 37.4 Å². The van der Waals surface area contributed by atoms with Crippen LogP contribution in [0.25, 0.3) is 11.4 Å². The number of anilines is 1. The minimum atomic E-state index is -0.366. The largest absolute Gasteiger partial charge is 0.311 e. The van der Waals surface area contributed by atoms with Crippen LogP contribution in [-0.4, -0.2) is 20.4 Å². The maximum absolute atomic E-state index is 12.7. The number of hydrogen-bond donors (Lipinski definition) is 1. The third-order valence-corrected chi connectivity index (χ3v) is 6.38. The van der Waals surface area contributed by atoms with Crippen molar-refractivity contribution in [3.05, 3.63) is 97.9 Å². The van der Waals surface area contributed by atoms with Crippen molar-refractivity contribution in [3.8, 4) is 11.4 Å². The summed E-state index contributed by atoms with van der Waals surface area (Å²) in [5.41, 5.74) is 7.23. The van der Waals surface area contributed by atoms with E-state index in [0.29, 0.717) is 17.2 Å². The molecular weight excluding hydrogens is 420 g/mol. The topological polar surface area (TPSA) is 76.9 Å². The summed E-state index contributed by atoms with van der Waals surface area (Å²) in [4.78, 5) is 34.2. The molecule has 3 aromatic heterocycles. The van der Waals surface area contributed by atoms with Crippen LogP contribution in [0, 0.1) is 27.7 Å². The smallest absolute Gasteiger partial charge is 0.257 e. The number of hydrogen-bond acceptors (Lipinski definition) is 5. The van der Waals surface area contributed by atoms with Gasteiger partial charge in [0.05, 0.1) is 12.2 Å². The van der Waals surface area contributed by atoms with Gasteiger partial charge >= 0.3 is 0 Å². The highest BCUT2D eigenvalue weighted by atomic mass is 32.1. The Labute approximate surface area is 190 Å². The third kappa shape index (κ3) is 4.53. The molecule has 6 nitrogen and oxygen atoms in total. The third-order valence-electron chi connectivity index (χ3n) is 5.62. The fourth-order valence-corrected chi connectivity index (χ4v) is 4.07. The molecule has 32 heavy (non-hydrogen) atoms. The SMILES string of the molecule is Cc1ccc(Cn2ccc(C(=O)Nc3nc(-c4nccc(C)c4C)cs3)cc2=O)cc1C. The normalized spacial score (nSPS) is 10.9. The second-order valence-corrected chi connectivity index (χ2v) is 8.75. The van der Waals surface area contributed by atoms with Crippen LogP contribution in [0.2, 0.25) is 0 Å². The van der Waals surface area contributed by atoms with Crippen molar-refractivity contribution >= 4 is 22.4 Å². The molecule has 4 aromatic rings. The van der Waals surface area contributed by atoms with Crippen molar-refractivity contribution in [1.82, 2.24) is 14.5 Å². The molecule has 0 fully saturated rings. The van der Waals surface area contributed by atoms with Crippen LogP contribution >= 0.6 is 11.3 Å². The average Bonchev–Trinajstić information content (AvgIpc) is 3.22. The lowest BCUT2D eigenvalue weighted by molar-refractivity contribution is 0.102. The van der Waals surface area contributed by atoms with E-state index in [4.69, 9.17) is 0 Å². The van der Waals surface area contributed by atoms with E-state index in [1.165, 1.54) is 28.5 Å². The van der Waals surface area contributed by atoms with E-state index in [0.717, 1.165) is 28.1 Å². The lowest BCUT2D eigenvalue weighted by Crippen LogP contribution is -2.22. The second kappa shape index (κ2) is 8.88. The molecule has 1 aromatic carbocycles. The Bertz CT molecular complexity index is 1370. The molecule has 0 unspecified atom stereocenters. The Hall–Kier alpha value is -3.58. The molecule has 3 heterocycles. The number of aryl methyl sites for hydroxylation is 3. The molecule has 0 aliphatic heterocycles. The number of carbonyl (C=O) groups is 1. The lowest BCUT2D eigenvalue weighted by atomic mass is 10.1. The first-order valence-electron chi connectivity index (χ1n) is 10.3. The monoisotopic (exact) mass is 444 g/mol. The zero-order chi connectivity index (χ0) is 22.8.